The van der Waals surface area contributed by atoms with Gasteiger partial charge in [-0.15, -0.1) is 0 Å². The molecule has 1 unspecified atom stereocenters. The Kier molecular flexibility index (Phi) is 4.88. The van der Waals surface area contributed by atoms with Gasteiger partial charge < -0.3 is 5.11 Å². The lowest BCUT2D eigenvalue weighted by molar-refractivity contribution is -0.135. The summed E-state index contributed by atoms with van der Waals surface area (Å²) >= 11 is 0. The van der Waals surface area contributed by atoms with E-state index in [4.69, 9.17) is 5.11 Å². The van der Waals surface area contributed by atoms with E-state index in [9.17, 15) is 14.4 Å². The first kappa shape index (κ1) is 16.1. The number of ketones is 1. The summed E-state index contributed by atoms with van der Waals surface area (Å²) < 4.78 is 0. The van der Waals surface area contributed by atoms with Gasteiger partial charge in [-0.2, -0.15) is 0 Å². The molecular formula is C17H19NO4. The normalized spacial score (nSPS) is 18.0. The van der Waals surface area contributed by atoms with Gasteiger partial charge in [0.05, 0.1) is 12.5 Å². The first-order valence-electron chi connectivity index (χ1n) is 7.17. The zero-order valence-electron chi connectivity index (χ0n) is 12.5. The lowest BCUT2D eigenvalue weighted by atomic mass is 9.86. The van der Waals surface area contributed by atoms with E-state index in [0.717, 1.165) is 5.56 Å². The number of amides is 2. The lowest BCUT2D eigenvalue weighted by Crippen LogP contribution is -2.41. The van der Waals surface area contributed by atoms with Crippen molar-refractivity contribution in [2.75, 3.05) is 0 Å². The molecule has 1 atom stereocenters. The van der Waals surface area contributed by atoms with E-state index < -0.39 is 5.92 Å². The first-order valence-corrected chi connectivity index (χ1v) is 7.17. The molecule has 0 radical (unpaired) electrons. The van der Waals surface area contributed by atoms with Gasteiger partial charge in [0.1, 0.15) is 0 Å². The average molecular weight is 301 g/mol. The first-order chi connectivity index (χ1) is 10.4. The van der Waals surface area contributed by atoms with E-state index in [1.54, 1.807) is 18.2 Å². The van der Waals surface area contributed by atoms with Crippen LogP contribution in [0.5, 0.6) is 0 Å². The minimum absolute atomic E-state index is 0.0960. The molecule has 1 aromatic carbocycles. The van der Waals surface area contributed by atoms with Crippen LogP contribution in [0.25, 0.3) is 0 Å². The molecule has 1 heterocycles. The Hall–Kier alpha value is -2.27. The molecule has 5 heteroatoms. The molecule has 1 aliphatic heterocycles. The van der Waals surface area contributed by atoms with Crippen LogP contribution in [0.1, 0.15) is 41.3 Å². The Bertz CT molecular complexity index is 648. The summed E-state index contributed by atoms with van der Waals surface area (Å²) in [4.78, 5) is 34.8. The number of carbonyl (C=O) groups is 3. The van der Waals surface area contributed by atoms with Crippen molar-refractivity contribution in [1.82, 2.24) is 5.32 Å². The van der Waals surface area contributed by atoms with Crippen LogP contribution in [-0.2, 0) is 22.6 Å². The number of hydrogen-bond donors (Lipinski definition) is 2. The van der Waals surface area contributed by atoms with E-state index in [0.29, 0.717) is 36.0 Å². The number of piperidine rings is 1. The monoisotopic (exact) mass is 301 g/mol. The van der Waals surface area contributed by atoms with Crippen molar-refractivity contribution >= 4 is 17.6 Å². The van der Waals surface area contributed by atoms with Gasteiger partial charge >= 0.3 is 0 Å². The van der Waals surface area contributed by atoms with Crippen LogP contribution in [0.15, 0.2) is 30.4 Å². The van der Waals surface area contributed by atoms with Crippen LogP contribution >= 0.6 is 0 Å². The second kappa shape index (κ2) is 6.66. The number of rotatable bonds is 5. The number of carbonyl (C=O) groups excluding carboxylic acids is 3. The van der Waals surface area contributed by atoms with Gasteiger partial charge in [-0.1, -0.05) is 24.3 Å². The topological polar surface area (TPSA) is 83.5 Å². The maximum Gasteiger partial charge on any atom is 0.233 e. The maximum atomic E-state index is 11.9. The largest absolute Gasteiger partial charge is 0.392 e. The predicted octanol–water partition coefficient (Wildman–Crippen LogP) is 1.53. The molecule has 5 nitrogen and oxygen atoms in total. The van der Waals surface area contributed by atoms with Crippen molar-refractivity contribution < 1.29 is 19.5 Å². The molecule has 0 saturated carbocycles. The van der Waals surface area contributed by atoms with Gasteiger partial charge in [-0.05, 0) is 37.0 Å². The Balaban J connectivity index is 2.19. The smallest absolute Gasteiger partial charge is 0.233 e. The minimum Gasteiger partial charge on any atom is -0.392 e. The Morgan fingerprint density at radius 1 is 1.41 bits per heavy atom. The molecule has 116 valence electrons. The summed E-state index contributed by atoms with van der Waals surface area (Å²) in [5.41, 5.74) is 2.66. The van der Waals surface area contributed by atoms with Crippen molar-refractivity contribution in [3.63, 3.8) is 0 Å². The van der Waals surface area contributed by atoms with Gasteiger partial charge in [0.2, 0.25) is 11.8 Å². The van der Waals surface area contributed by atoms with Gasteiger partial charge in [-0.25, -0.2) is 0 Å². The molecule has 1 aromatic rings. The molecule has 0 aliphatic carbocycles. The molecule has 2 rings (SSSR count). The number of imide groups is 1. The highest BCUT2D eigenvalue weighted by molar-refractivity contribution is 6.00. The summed E-state index contributed by atoms with van der Waals surface area (Å²) in [7, 11) is 0. The number of Topliss-reactive ketones (excluding diaryl/α,β-unsaturated/α-hetero) is 1. The quantitative estimate of drug-likeness (QED) is 0.491. The fourth-order valence-corrected chi connectivity index (χ4v) is 2.65. The Morgan fingerprint density at radius 2 is 2.14 bits per heavy atom. The van der Waals surface area contributed by atoms with Gasteiger partial charge in [-0.3, -0.25) is 19.7 Å². The van der Waals surface area contributed by atoms with E-state index in [1.807, 2.05) is 0 Å². The summed E-state index contributed by atoms with van der Waals surface area (Å²) in [5.74, 6) is -1.08. The van der Waals surface area contributed by atoms with Crippen molar-refractivity contribution in [3.8, 4) is 0 Å². The van der Waals surface area contributed by atoms with Crippen LogP contribution in [0.3, 0.4) is 0 Å². The van der Waals surface area contributed by atoms with Gasteiger partial charge in [0.25, 0.3) is 0 Å². The van der Waals surface area contributed by atoms with Crippen LogP contribution in [-0.4, -0.2) is 22.7 Å². The second-order valence-corrected chi connectivity index (χ2v) is 5.54. The molecule has 1 aliphatic rings. The standard InChI is InChI=1S/C17H19NO4/c1-10(14-5-6-16(21)18-17(14)22)7-13-4-3-12(9-19)8-15(13)11(2)20/h3-4,8,14,19H,1,5-7,9H2,2H3,(H,18,21,22). The van der Waals surface area contributed by atoms with Crippen molar-refractivity contribution in [3.05, 3.63) is 47.0 Å². The summed E-state index contributed by atoms with van der Waals surface area (Å²) in [5, 5.41) is 11.5. The Morgan fingerprint density at radius 3 is 2.73 bits per heavy atom. The van der Waals surface area contributed by atoms with Crippen LogP contribution in [0.2, 0.25) is 0 Å². The highest BCUT2D eigenvalue weighted by Crippen LogP contribution is 2.25. The zero-order chi connectivity index (χ0) is 16.3. The number of aliphatic hydroxyl groups excluding tert-OH is 1. The highest BCUT2D eigenvalue weighted by atomic mass is 16.3. The summed E-state index contributed by atoms with van der Waals surface area (Å²) in [6.07, 6.45) is 1.15. The van der Waals surface area contributed by atoms with E-state index in [2.05, 4.69) is 11.9 Å². The Labute approximate surface area is 129 Å². The second-order valence-electron chi connectivity index (χ2n) is 5.54. The minimum atomic E-state index is -0.407. The molecular weight excluding hydrogens is 282 g/mol. The third-order valence-corrected chi connectivity index (χ3v) is 3.89. The van der Waals surface area contributed by atoms with E-state index >= 15 is 0 Å². The fourth-order valence-electron chi connectivity index (χ4n) is 2.65. The third-order valence-electron chi connectivity index (χ3n) is 3.89. The molecule has 2 amide bonds. The van der Waals surface area contributed by atoms with Crippen molar-refractivity contribution in [1.29, 1.82) is 0 Å². The summed E-state index contributed by atoms with van der Waals surface area (Å²) in [6.45, 7) is 5.30. The molecule has 1 fully saturated rings. The van der Waals surface area contributed by atoms with Crippen LogP contribution < -0.4 is 5.32 Å². The number of nitrogens with one attached hydrogen (secondary N) is 1. The highest BCUT2D eigenvalue weighted by Gasteiger charge is 2.28. The SMILES string of the molecule is C=C(Cc1ccc(CO)cc1C(C)=O)C1CCC(=O)NC1=O. The molecule has 2 N–H and O–H groups in total. The summed E-state index contributed by atoms with van der Waals surface area (Å²) in [6, 6.07) is 5.19. The van der Waals surface area contributed by atoms with Gasteiger partial charge in [0.15, 0.2) is 5.78 Å². The fraction of sp³-hybridized carbons (Fsp3) is 0.353. The van der Waals surface area contributed by atoms with E-state index in [-0.39, 0.29) is 24.2 Å². The molecule has 0 bridgehead atoms. The average Bonchev–Trinajstić information content (AvgIpc) is 2.47. The van der Waals surface area contributed by atoms with Gasteiger partial charge in [0, 0.05) is 12.0 Å². The van der Waals surface area contributed by atoms with Crippen LogP contribution in [0, 0.1) is 5.92 Å². The van der Waals surface area contributed by atoms with Crippen molar-refractivity contribution in [2.45, 2.75) is 32.8 Å². The zero-order valence-corrected chi connectivity index (χ0v) is 12.5. The molecule has 0 aromatic heterocycles. The molecule has 22 heavy (non-hydrogen) atoms. The maximum absolute atomic E-state index is 11.9. The van der Waals surface area contributed by atoms with Crippen molar-refractivity contribution in [2.24, 2.45) is 5.92 Å². The number of hydrogen-bond acceptors (Lipinski definition) is 4. The van der Waals surface area contributed by atoms with Crippen LogP contribution in [0.4, 0.5) is 0 Å². The lowest BCUT2D eigenvalue weighted by Gasteiger charge is -2.23. The van der Waals surface area contributed by atoms with E-state index in [1.165, 1.54) is 6.92 Å². The number of benzene rings is 1. The molecule has 1 saturated heterocycles. The molecule has 0 spiro atoms. The third kappa shape index (κ3) is 3.49. The number of aliphatic hydroxyl groups is 1. The predicted molar refractivity (Wildman–Crippen MR) is 81.1 cm³/mol.